The van der Waals surface area contributed by atoms with E-state index in [0.717, 1.165) is 23.0 Å². The van der Waals surface area contributed by atoms with Crippen molar-refractivity contribution >= 4 is 23.3 Å². The van der Waals surface area contributed by atoms with Crippen LogP contribution in [0, 0.1) is 0 Å². The molecule has 17 heavy (non-hydrogen) atoms. The van der Waals surface area contributed by atoms with E-state index in [1.54, 1.807) is 0 Å². The van der Waals surface area contributed by atoms with Gasteiger partial charge in [-0.2, -0.15) is 4.37 Å². The number of benzene rings is 1. The van der Waals surface area contributed by atoms with Crippen LogP contribution in [0.5, 0.6) is 11.6 Å². The van der Waals surface area contributed by atoms with Gasteiger partial charge < -0.3 is 4.74 Å². The third-order valence-electron chi connectivity index (χ3n) is 2.32. The Morgan fingerprint density at radius 1 is 1.18 bits per heavy atom. The van der Waals surface area contributed by atoms with E-state index in [0.29, 0.717) is 11.0 Å². The van der Waals surface area contributed by atoms with Crippen LogP contribution in [0.2, 0.25) is 5.15 Å². The van der Waals surface area contributed by atoms with Crippen molar-refractivity contribution < 1.29 is 4.74 Å². The smallest absolute Gasteiger partial charge is 0.270 e. The molecule has 5 heteroatoms. The quantitative estimate of drug-likeness (QED) is 0.815. The van der Waals surface area contributed by atoms with Crippen LogP contribution in [0.1, 0.15) is 26.3 Å². The van der Waals surface area contributed by atoms with Gasteiger partial charge in [-0.3, -0.25) is 0 Å². The highest BCUT2D eigenvalue weighted by Gasteiger charge is 2.20. The first-order valence-electron chi connectivity index (χ1n) is 5.24. The van der Waals surface area contributed by atoms with E-state index in [2.05, 4.69) is 29.5 Å². The van der Waals surface area contributed by atoms with Crippen molar-refractivity contribution in [3.8, 4) is 11.6 Å². The van der Waals surface area contributed by atoms with E-state index >= 15 is 0 Å². The second-order valence-corrected chi connectivity index (χ2v) is 5.59. The second-order valence-electron chi connectivity index (χ2n) is 4.71. The average molecular weight is 269 g/mol. The number of nitrogens with zero attached hydrogens (tertiary/aromatic N) is 2. The maximum absolute atomic E-state index is 5.87. The summed E-state index contributed by atoms with van der Waals surface area (Å²) in [7, 11) is 0. The van der Waals surface area contributed by atoms with Crippen molar-refractivity contribution in [3.05, 3.63) is 35.0 Å². The fraction of sp³-hybridized carbons (Fsp3) is 0.333. The minimum absolute atomic E-state index is 0.00647. The first-order valence-corrected chi connectivity index (χ1v) is 6.35. The topological polar surface area (TPSA) is 35.0 Å². The van der Waals surface area contributed by atoms with Crippen LogP contribution in [0.15, 0.2) is 24.3 Å². The zero-order valence-corrected chi connectivity index (χ0v) is 11.5. The van der Waals surface area contributed by atoms with Crippen LogP contribution in [-0.2, 0) is 5.41 Å². The molecule has 2 rings (SSSR count). The molecule has 0 aliphatic heterocycles. The van der Waals surface area contributed by atoms with Crippen molar-refractivity contribution in [1.82, 2.24) is 8.75 Å². The number of halogens is 1. The van der Waals surface area contributed by atoms with Gasteiger partial charge in [-0.05, 0) is 11.5 Å². The van der Waals surface area contributed by atoms with Crippen LogP contribution in [-0.4, -0.2) is 8.75 Å². The van der Waals surface area contributed by atoms with E-state index in [1.807, 2.05) is 24.3 Å². The summed E-state index contributed by atoms with van der Waals surface area (Å²) in [5, 5.41) is 0.304. The Kier molecular flexibility index (Phi) is 3.35. The van der Waals surface area contributed by atoms with E-state index in [9.17, 15) is 0 Å². The van der Waals surface area contributed by atoms with E-state index in [-0.39, 0.29) is 5.41 Å². The molecule has 90 valence electrons. The van der Waals surface area contributed by atoms with Crippen molar-refractivity contribution in [2.45, 2.75) is 26.2 Å². The van der Waals surface area contributed by atoms with Crippen LogP contribution in [0.3, 0.4) is 0 Å². The lowest BCUT2D eigenvalue weighted by molar-refractivity contribution is 0.444. The molecule has 0 spiro atoms. The summed E-state index contributed by atoms with van der Waals surface area (Å²) in [6.07, 6.45) is 0. The SMILES string of the molecule is CC(C)(C)c1ccccc1Oc1nsnc1Cl. The summed E-state index contributed by atoms with van der Waals surface area (Å²) in [4.78, 5) is 0. The molecule has 3 nitrogen and oxygen atoms in total. The molecular weight excluding hydrogens is 256 g/mol. The van der Waals surface area contributed by atoms with Crippen LogP contribution >= 0.6 is 23.3 Å². The normalized spacial score (nSPS) is 11.5. The van der Waals surface area contributed by atoms with Crippen LogP contribution in [0.25, 0.3) is 0 Å². The zero-order valence-electron chi connectivity index (χ0n) is 9.90. The van der Waals surface area contributed by atoms with Gasteiger partial charge in [0.05, 0.1) is 11.7 Å². The van der Waals surface area contributed by atoms with Gasteiger partial charge in [0.1, 0.15) is 5.75 Å². The molecule has 1 aromatic carbocycles. The van der Waals surface area contributed by atoms with E-state index in [4.69, 9.17) is 16.3 Å². The molecule has 0 N–H and O–H groups in total. The lowest BCUT2D eigenvalue weighted by Gasteiger charge is -2.21. The molecule has 0 radical (unpaired) electrons. The lowest BCUT2D eigenvalue weighted by Crippen LogP contribution is -2.12. The van der Waals surface area contributed by atoms with Crippen molar-refractivity contribution in [2.75, 3.05) is 0 Å². The van der Waals surface area contributed by atoms with Gasteiger partial charge in [0.2, 0.25) is 5.15 Å². The molecule has 0 saturated heterocycles. The monoisotopic (exact) mass is 268 g/mol. The Labute approximate surface area is 110 Å². The summed E-state index contributed by atoms with van der Waals surface area (Å²) in [6.45, 7) is 6.41. The van der Waals surface area contributed by atoms with Crippen LogP contribution < -0.4 is 4.74 Å². The molecule has 0 aliphatic carbocycles. The number of aromatic nitrogens is 2. The first kappa shape index (κ1) is 12.3. The molecule has 0 saturated carbocycles. The Morgan fingerprint density at radius 2 is 1.88 bits per heavy atom. The van der Waals surface area contributed by atoms with Crippen molar-refractivity contribution in [1.29, 1.82) is 0 Å². The third-order valence-corrected chi connectivity index (χ3v) is 3.18. The Morgan fingerprint density at radius 3 is 2.47 bits per heavy atom. The molecule has 0 atom stereocenters. The largest absolute Gasteiger partial charge is 0.435 e. The summed E-state index contributed by atoms with van der Waals surface area (Å²) in [6, 6.07) is 7.88. The highest BCUT2D eigenvalue weighted by molar-refractivity contribution is 6.99. The summed E-state index contributed by atoms with van der Waals surface area (Å²) in [5.74, 6) is 1.14. The predicted octanol–water partition coefficient (Wildman–Crippen LogP) is 4.28. The van der Waals surface area contributed by atoms with Gasteiger partial charge in [0.25, 0.3) is 5.88 Å². The Balaban J connectivity index is 2.37. The first-order chi connectivity index (χ1) is 7.98. The highest BCUT2D eigenvalue weighted by atomic mass is 35.5. The maximum Gasteiger partial charge on any atom is 0.270 e. The van der Waals surface area contributed by atoms with Gasteiger partial charge in [-0.15, -0.1) is 4.37 Å². The number of rotatable bonds is 2. The summed E-state index contributed by atoms with van der Waals surface area (Å²) >= 11 is 6.91. The molecule has 0 fully saturated rings. The lowest BCUT2D eigenvalue weighted by atomic mass is 9.86. The second kappa shape index (κ2) is 4.63. The molecule has 0 amide bonds. The Bertz CT molecular complexity index is 519. The molecule has 2 aromatic rings. The molecule has 0 unspecified atom stereocenters. The standard InChI is InChI=1S/C12H13ClN2OS/c1-12(2,3)8-6-4-5-7-9(8)16-11-10(13)14-17-15-11/h4-7H,1-3H3. The van der Waals surface area contributed by atoms with E-state index in [1.165, 1.54) is 0 Å². The van der Waals surface area contributed by atoms with Gasteiger partial charge in [0, 0.05) is 5.56 Å². The summed E-state index contributed by atoms with van der Waals surface area (Å²) < 4.78 is 13.6. The fourth-order valence-corrected chi connectivity index (χ4v) is 2.12. The van der Waals surface area contributed by atoms with Gasteiger partial charge >= 0.3 is 0 Å². The Hall–Kier alpha value is -1.13. The predicted molar refractivity (Wildman–Crippen MR) is 70.1 cm³/mol. The molecule has 1 aromatic heterocycles. The molecule has 1 heterocycles. The van der Waals surface area contributed by atoms with Crippen molar-refractivity contribution in [3.63, 3.8) is 0 Å². The van der Waals surface area contributed by atoms with Crippen molar-refractivity contribution in [2.24, 2.45) is 0 Å². The third kappa shape index (κ3) is 2.76. The number of hydrogen-bond donors (Lipinski definition) is 0. The van der Waals surface area contributed by atoms with Gasteiger partial charge in [-0.1, -0.05) is 50.6 Å². The minimum atomic E-state index is 0.00647. The average Bonchev–Trinajstić information content (AvgIpc) is 2.64. The highest BCUT2D eigenvalue weighted by Crippen LogP contribution is 2.35. The molecule has 0 bridgehead atoms. The summed E-state index contributed by atoms with van der Waals surface area (Å²) in [5.41, 5.74) is 1.12. The van der Waals surface area contributed by atoms with Gasteiger partial charge in [0.15, 0.2) is 0 Å². The number of ether oxygens (including phenoxy) is 1. The number of para-hydroxylation sites is 1. The van der Waals surface area contributed by atoms with Crippen LogP contribution in [0.4, 0.5) is 0 Å². The van der Waals surface area contributed by atoms with E-state index < -0.39 is 0 Å². The molecule has 0 aliphatic rings. The maximum atomic E-state index is 5.87. The zero-order chi connectivity index (χ0) is 12.5. The fourth-order valence-electron chi connectivity index (χ4n) is 1.51. The molecular formula is C12H13ClN2OS. The number of hydrogen-bond acceptors (Lipinski definition) is 4. The van der Waals surface area contributed by atoms with Gasteiger partial charge in [-0.25, -0.2) is 0 Å². The minimum Gasteiger partial charge on any atom is -0.435 e.